The number of anilines is 3. The minimum Gasteiger partial charge on any atom is -0.326 e. The molecule has 6 heteroatoms. The van der Waals surface area contributed by atoms with Crippen molar-refractivity contribution in [3.8, 4) is 0 Å². The number of aromatic amines is 1. The van der Waals surface area contributed by atoms with Crippen LogP contribution < -0.4 is 10.6 Å². The van der Waals surface area contributed by atoms with Crippen LogP contribution in [0.15, 0.2) is 73.1 Å². The number of H-pyrrole nitrogens is 1. The number of amides is 1. The number of hydrogen-bond donors (Lipinski definition) is 3. The minimum atomic E-state index is -0.200. The van der Waals surface area contributed by atoms with Crippen LogP contribution in [0.2, 0.25) is 0 Å². The first-order chi connectivity index (χ1) is 12.3. The number of imidazole rings is 1. The van der Waals surface area contributed by atoms with Gasteiger partial charge >= 0.3 is 0 Å². The molecule has 2 aromatic carbocycles. The van der Waals surface area contributed by atoms with Gasteiger partial charge in [-0.25, -0.2) is 4.98 Å². The average molecular weight is 329 g/mol. The number of nitrogens with zero attached hydrogens (tertiary/aromatic N) is 2. The Morgan fingerprint density at radius 2 is 1.84 bits per heavy atom. The smallest absolute Gasteiger partial charge is 0.257 e. The lowest BCUT2D eigenvalue weighted by molar-refractivity contribution is 0.102. The highest BCUT2D eigenvalue weighted by molar-refractivity contribution is 6.04. The van der Waals surface area contributed by atoms with E-state index in [-0.39, 0.29) is 5.91 Å². The fourth-order valence-electron chi connectivity index (χ4n) is 2.52. The van der Waals surface area contributed by atoms with E-state index in [0.29, 0.717) is 17.2 Å². The number of nitrogens with one attached hydrogen (secondary N) is 3. The van der Waals surface area contributed by atoms with Crippen molar-refractivity contribution in [3.05, 3.63) is 78.6 Å². The second-order valence-corrected chi connectivity index (χ2v) is 5.50. The van der Waals surface area contributed by atoms with Gasteiger partial charge in [0.25, 0.3) is 5.91 Å². The van der Waals surface area contributed by atoms with Crippen molar-refractivity contribution in [2.24, 2.45) is 0 Å². The Morgan fingerprint density at radius 1 is 0.960 bits per heavy atom. The molecule has 4 aromatic rings. The molecule has 0 aliphatic heterocycles. The van der Waals surface area contributed by atoms with Gasteiger partial charge in [-0.1, -0.05) is 18.2 Å². The van der Waals surface area contributed by atoms with Crippen LogP contribution in [0.25, 0.3) is 11.0 Å². The van der Waals surface area contributed by atoms with Crippen LogP contribution in [0, 0.1) is 0 Å². The molecule has 0 unspecified atom stereocenters. The van der Waals surface area contributed by atoms with E-state index in [1.807, 2.05) is 48.5 Å². The Balaban J connectivity index is 1.52. The summed E-state index contributed by atoms with van der Waals surface area (Å²) in [6.07, 6.45) is 3.17. The molecule has 0 aliphatic rings. The molecule has 3 N–H and O–H groups in total. The molecule has 0 atom stereocenters. The molecule has 1 amide bonds. The van der Waals surface area contributed by atoms with Crippen molar-refractivity contribution in [2.75, 3.05) is 10.6 Å². The molecule has 2 aromatic heterocycles. The first-order valence-electron chi connectivity index (χ1n) is 7.81. The van der Waals surface area contributed by atoms with E-state index in [1.165, 1.54) is 6.20 Å². The van der Waals surface area contributed by atoms with Gasteiger partial charge < -0.3 is 15.6 Å². The molecule has 122 valence electrons. The van der Waals surface area contributed by atoms with Crippen molar-refractivity contribution >= 4 is 34.3 Å². The maximum absolute atomic E-state index is 12.2. The molecule has 0 fully saturated rings. The van der Waals surface area contributed by atoms with Gasteiger partial charge in [0.05, 0.1) is 16.6 Å². The van der Waals surface area contributed by atoms with E-state index in [2.05, 4.69) is 25.6 Å². The van der Waals surface area contributed by atoms with Gasteiger partial charge in [0.15, 0.2) is 0 Å². The molecule has 2 heterocycles. The number of rotatable bonds is 4. The Kier molecular flexibility index (Phi) is 3.84. The van der Waals surface area contributed by atoms with Gasteiger partial charge in [0.2, 0.25) is 5.95 Å². The van der Waals surface area contributed by atoms with Crippen LogP contribution >= 0.6 is 0 Å². The van der Waals surface area contributed by atoms with Gasteiger partial charge in [0, 0.05) is 23.8 Å². The SMILES string of the molecule is O=C(Nc1cccc(Nc2nc3ccccc3[nH]2)c1)c1cccnc1. The van der Waals surface area contributed by atoms with Crippen LogP contribution in [0.3, 0.4) is 0 Å². The summed E-state index contributed by atoms with van der Waals surface area (Å²) < 4.78 is 0. The van der Waals surface area contributed by atoms with Crippen molar-refractivity contribution < 1.29 is 4.79 Å². The average Bonchev–Trinajstić information content (AvgIpc) is 3.05. The predicted octanol–water partition coefficient (Wildman–Crippen LogP) is 3.95. The maximum atomic E-state index is 12.2. The molecule has 0 saturated carbocycles. The molecule has 0 aliphatic carbocycles. The van der Waals surface area contributed by atoms with Gasteiger partial charge in [-0.15, -0.1) is 0 Å². The second-order valence-electron chi connectivity index (χ2n) is 5.50. The lowest BCUT2D eigenvalue weighted by Crippen LogP contribution is -2.12. The summed E-state index contributed by atoms with van der Waals surface area (Å²) in [6, 6.07) is 18.7. The molecular weight excluding hydrogens is 314 g/mol. The monoisotopic (exact) mass is 329 g/mol. The molecule has 0 saturated heterocycles. The largest absolute Gasteiger partial charge is 0.326 e. The van der Waals surface area contributed by atoms with E-state index < -0.39 is 0 Å². The Bertz CT molecular complexity index is 993. The third-order valence-corrected chi connectivity index (χ3v) is 3.70. The van der Waals surface area contributed by atoms with Gasteiger partial charge in [-0.3, -0.25) is 9.78 Å². The van der Waals surface area contributed by atoms with Crippen molar-refractivity contribution in [1.29, 1.82) is 0 Å². The third kappa shape index (κ3) is 3.32. The standard InChI is InChI=1S/C19H15N5O/c25-18(13-5-4-10-20-12-13)21-14-6-3-7-15(11-14)22-19-23-16-8-1-2-9-17(16)24-19/h1-12H,(H,21,25)(H2,22,23,24). The molecule has 0 bridgehead atoms. The van der Waals surface area contributed by atoms with Crippen molar-refractivity contribution in [2.45, 2.75) is 0 Å². The zero-order chi connectivity index (χ0) is 17.1. The Labute approximate surface area is 144 Å². The van der Waals surface area contributed by atoms with E-state index in [9.17, 15) is 4.79 Å². The summed E-state index contributed by atoms with van der Waals surface area (Å²) >= 11 is 0. The van der Waals surface area contributed by atoms with Crippen LogP contribution in [-0.4, -0.2) is 20.9 Å². The summed E-state index contributed by atoms with van der Waals surface area (Å²) in [5, 5.41) is 6.08. The zero-order valence-corrected chi connectivity index (χ0v) is 13.2. The summed E-state index contributed by atoms with van der Waals surface area (Å²) in [7, 11) is 0. The Morgan fingerprint density at radius 3 is 2.68 bits per heavy atom. The quantitative estimate of drug-likeness (QED) is 0.529. The van der Waals surface area contributed by atoms with Crippen LogP contribution in [-0.2, 0) is 0 Å². The molecule has 0 spiro atoms. The molecular formula is C19H15N5O. The van der Waals surface area contributed by atoms with Gasteiger partial charge in [-0.2, -0.15) is 0 Å². The number of hydrogen-bond acceptors (Lipinski definition) is 4. The molecule has 25 heavy (non-hydrogen) atoms. The molecule has 0 radical (unpaired) electrons. The number of aromatic nitrogens is 3. The molecule has 6 nitrogen and oxygen atoms in total. The van der Waals surface area contributed by atoms with Crippen molar-refractivity contribution in [1.82, 2.24) is 15.0 Å². The molecule has 4 rings (SSSR count). The second kappa shape index (κ2) is 6.45. The fourth-order valence-corrected chi connectivity index (χ4v) is 2.52. The first kappa shape index (κ1) is 14.9. The third-order valence-electron chi connectivity index (χ3n) is 3.70. The summed E-state index contributed by atoms with van der Waals surface area (Å²) in [5.74, 6) is 0.450. The van der Waals surface area contributed by atoms with E-state index in [4.69, 9.17) is 0 Å². The topological polar surface area (TPSA) is 82.7 Å². The summed E-state index contributed by atoms with van der Waals surface area (Å²) in [4.78, 5) is 23.9. The van der Waals surface area contributed by atoms with Crippen LogP contribution in [0.1, 0.15) is 10.4 Å². The van der Waals surface area contributed by atoms with Crippen LogP contribution in [0.4, 0.5) is 17.3 Å². The van der Waals surface area contributed by atoms with Gasteiger partial charge in [-0.05, 0) is 42.5 Å². The fraction of sp³-hybridized carbons (Fsp3) is 0. The highest BCUT2D eigenvalue weighted by Gasteiger charge is 2.07. The highest BCUT2D eigenvalue weighted by atomic mass is 16.1. The number of carbonyl (C=O) groups excluding carboxylic acids is 1. The highest BCUT2D eigenvalue weighted by Crippen LogP contribution is 2.21. The number of benzene rings is 2. The lowest BCUT2D eigenvalue weighted by atomic mass is 10.2. The number of pyridine rings is 1. The summed E-state index contributed by atoms with van der Waals surface area (Å²) in [5.41, 5.74) is 3.88. The van der Waals surface area contributed by atoms with Crippen molar-refractivity contribution in [3.63, 3.8) is 0 Å². The minimum absolute atomic E-state index is 0.200. The number of para-hydroxylation sites is 2. The van der Waals surface area contributed by atoms with Gasteiger partial charge in [0.1, 0.15) is 0 Å². The maximum Gasteiger partial charge on any atom is 0.257 e. The van der Waals surface area contributed by atoms with E-state index in [0.717, 1.165) is 16.7 Å². The first-order valence-corrected chi connectivity index (χ1v) is 7.81. The van der Waals surface area contributed by atoms with E-state index in [1.54, 1.807) is 18.3 Å². The number of carbonyl (C=O) groups is 1. The lowest BCUT2D eigenvalue weighted by Gasteiger charge is -2.08. The zero-order valence-electron chi connectivity index (χ0n) is 13.2. The number of fused-ring (bicyclic) bond motifs is 1. The van der Waals surface area contributed by atoms with Crippen LogP contribution in [0.5, 0.6) is 0 Å². The normalized spacial score (nSPS) is 10.6. The van der Waals surface area contributed by atoms with E-state index >= 15 is 0 Å². The summed E-state index contributed by atoms with van der Waals surface area (Å²) in [6.45, 7) is 0. The predicted molar refractivity (Wildman–Crippen MR) is 98.0 cm³/mol. The Hall–Kier alpha value is -3.67.